The minimum Gasteiger partial charge on any atom is -0.460 e. The van der Waals surface area contributed by atoms with Crippen molar-refractivity contribution in [2.24, 2.45) is 11.3 Å². The number of rotatable bonds is 11. The Hall–Kier alpha value is -3.00. The van der Waals surface area contributed by atoms with Crippen LogP contribution in [0.3, 0.4) is 0 Å². The van der Waals surface area contributed by atoms with Crippen LogP contribution in [-0.2, 0) is 28.7 Å². The lowest BCUT2D eigenvalue weighted by molar-refractivity contribution is -0.152. The third-order valence-electron chi connectivity index (χ3n) is 8.68. The highest BCUT2D eigenvalue weighted by Crippen LogP contribution is 2.34. The number of hydrogen-bond donors (Lipinski definition) is 4. The number of fused-ring (bicyclic) bond motifs is 1. The highest BCUT2D eigenvalue weighted by atomic mass is 35.6. The Morgan fingerprint density at radius 3 is 2.47 bits per heavy atom. The molecule has 0 spiro atoms. The van der Waals surface area contributed by atoms with E-state index in [1.807, 2.05) is 50.3 Å². The van der Waals surface area contributed by atoms with Crippen molar-refractivity contribution in [3.8, 4) is 0 Å². The zero-order chi connectivity index (χ0) is 35.9. The zero-order valence-corrected chi connectivity index (χ0v) is 30.3. The summed E-state index contributed by atoms with van der Waals surface area (Å²) in [6.45, 7) is 7.45. The first kappa shape index (κ1) is 38.8. The van der Waals surface area contributed by atoms with Gasteiger partial charge in [-0.15, -0.1) is 0 Å². The van der Waals surface area contributed by atoms with Gasteiger partial charge in [0, 0.05) is 25.1 Å². The summed E-state index contributed by atoms with van der Waals surface area (Å²) in [5.41, 5.74) is 4.03. The molecule has 1 aromatic carbocycles. The normalized spacial score (nSPS) is 20.1. The van der Waals surface area contributed by atoms with Crippen molar-refractivity contribution in [3.63, 3.8) is 0 Å². The number of nitrogens with zero attached hydrogens (tertiary/aromatic N) is 2. The fourth-order valence-electron chi connectivity index (χ4n) is 5.73. The molecule has 2 saturated heterocycles. The lowest BCUT2D eigenvalue weighted by Gasteiger charge is -2.36. The van der Waals surface area contributed by atoms with E-state index < -0.39 is 57.8 Å². The largest absolute Gasteiger partial charge is 0.460 e. The van der Waals surface area contributed by atoms with Crippen molar-refractivity contribution in [2.75, 3.05) is 26.4 Å². The number of carbonyl (C=O) groups is 4. The Morgan fingerprint density at radius 1 is 1.12 bits per heavy atom. The molecule has 0 aliphatic carbocycles. The summed E-state index contributed by atoms with van der Waals surface area (Å²) in [4.78, 5) is 57.8. The molecule has 4 N–H and O–H groups in total. The molecule has 4 atom stereocenters. The summed E-state index contributed by atoms with van der Waals surface area (Å²) in [5.74, 6) is -2.26. The monoisotopic (exact) mass is 739 g/mol. The van der Waals surface area contributed by atoms with Crippen LogP contribution in [0.5, 0.6) is 0 Å². The number of ether oxygens (including phenoxy) is 2. The summed E-state index contributed by atoms with van der Waals surface area (Å²) in [6, 6.07) is 6.74. The molecule has 2 aromatic rings. The molecular weight excluding hydrogens is 697 g/mol. The second kappa shape index (κ2) is 16.8. The third-order valence-corrected chi connectivity index (χ3v) is 9.00. The number of hydrogen-bond acceptors (Lipinski definition) is 9. The minimum atomic E-state index is -1.76. The van der Waals surface area contributed by atoms with Crippen LogP contribution in [0, 0.1) is 11.3 Å². The Balaban J connectivity index is 1.43. The number of halogens is 3. The van der Waals surface area contributed by atoms with E-state index in [1.165, 1.54) is 11.9 Å². The van der Waals surface area contributed by atoms with Gasteiger partial charge < -0.3 is 25.2 Å². The number of aliphatic hydroxyl groups is 1. The zero-order valence-electron chi connectivity index (χ0n) is 28.0. The highest BCUT2D eigenvalue weighted by Gasteiger charge is 2.41. The fourth-order valence-corrected chi connectivity index (χ4v) is 5.90. The summed E-state index contributed by atoms with van der Waals surface area (Å²) in [7, 11) is 0. The van der Waals surface area contributed by atoms with Gasteiger partial charge in [-0.05, 0) is 63.1 Å². The Labute approximate surface area is 301 Å². The van der Waals surface area contributed by atoms with Gasteiger partial charge in [-0.25, -0.2) is 5.43 Å². The molecule has 4 rings (SSSR count). The van der Waals surface area contributed by atoms with E-state index in [1.54, 1.807) is 13.0 Å². The molecule has 0 unspecified atom stereocenters. The third kappa shape index (κ3) is 10.5. The number of nitrogens with one attached hydrogen (secondary N) is 3. The van der Waals surface area contributed by atoms with Crippen LogP contribution < -0.4 is 16.1 Å². The van der Waals surface area contributed by atoms with E-state index in [4.69, 9.17) is 44.3 Å². The van der Waals surface area contributed by atoms with Gasteiger partial charge in [0.25, 0.3) is 5.91 Å². The van der Waals surface area contributed by atoms with Gasteiger partial charge >= 0.3 is 5.97 Å². The molecule has 268 valence electrons. The number of aromatic nitrogens is 1. The lowest BCUT2D eigenvalue weighted by Crippen LogP contribution is -2.61. The lowest BCUT2D eigenvalue weighted by atomic mass is 9.78. The second-order valence-corrected chi connectivity index (χ2v) is 15.4. The molecule has 2 aliphatic rings. The maximum atomic E-state index is 14.0. The molecule has 1 aromatic heterocycles. The average molecular weight is 741 g/mol. The van der Waals surface area contributed by atoms with E-state index in [0.29, 0.717) is 51.1 Å². The van der Waals surface area contributed by atoms with E-state index in [-0.39, 0.29) is 11.8 Å². The molecule has 0 bridgehead atoms. The molecule has 49 heavy (non-hydrogen) atoms. The highest BCUT2D eigenvalue weighted by molar-refractivity contribution is 6.67. The Bertz CT molecular complexity index is 1540. The van der Waals surface area contributed by atoms with Crippen LogP contribution in [0.15, 0.2) is 36.4 Å². The Morgan fingerprint density at radius 2 is 1.82 bits per heavy atom. The number of benzene rings is 1. The molecule has 15 heteroatoms. The van der Waals surface area contributed by atoms with E-state index in [0.717, 1.165) is 16.5 Å². The number of hydrazine groups is 1. The quantitative estimate of drug-likeness (QED) is 0.196. The van der Waals surface area contributed by atoms with Gasteiger partial charge in [0.05, 0.1) is 22.7 Å². The SMILES string of the molecule is CC(C)[C@H](NC(=O)C1(C=Cc2ccc3ccc([C@@H](C)O)nc3c2)CCOCC1)C(=O)N[C@@H](C)C(=O)N1CCC[C@@H](C(=O)OCC(Cl)(Cl)Cl)N1. The minimum absolute atomic E-state index is 0.299. The number of amides is 3. The van der Waals surface area contributed by atoms with Crippen LogP contribution in [0.1, 0.15) is 70.7 Å². The van der Waals surface area contributed by atoms with Gasteiger partial charge in [0.1, 0.15) is 24.7 Å². The van der Waals surface area contributed by atoms with Gasteiger partial charge in [0.15, 0.2) is 0 Å². The molecule has 0 saturated carbocycles. The Kier molecular flexibility index (Phi) is 13.3. The van der Waals surface area contributed by atoms with Crippen LogP contribution >= 0.6 is 34.8 Å². The summed E-state index contributed by atoms with van der Waals surface area (Å²) in [6.07, 6.45) is 4.79. The van der Waals surface area contributed by atoms with E-state index in [2.05, 4.69) is 21.0 Å². The number of aliphatic hydroxyl groups excluding tert-OH is 1. The van der Waals surface area contributed by atoms with Gasteiger partial charge in [0.2, 0.25) is 15.6 Å². The molecule has 2 fully saturated rings. The number of esters is 1. The first-order valence-corrected chi connectivity index (χ1v) is 17.5. The van der Waals surface area contributed by atoms with Crippen LogP contribution in [0.4, 0.5) is 0 Å². The molecule has 0 radical (unpaired) electrons. The van der Waals surface area contributed by atoms with Crippen LogP contribution in [0.25, 0.3) is 17.0 Å². The van der Waals surface area contributed by atoms with E-state index >= 15 is 0 Å². The summed E-state index contributed by atoms with van der Waals surface area (Å²) in [5, 5.41) is 17.8. The van der Waals surface area contributed by atoms with Crippen molar-refractivity contribution in [1.82, 2.24) is 26.1 Å². The maximum absolute atomic E-state index is 14.0. The summed E-state index contributed by atoms with van der Waals surface area (Å²) >= 11 is 17.0. The fraction of sp³-hybridized carbons (Fsp3) is 0.559. The van der Waals surface area contributed by atoms with Crippen molar-refractivity contribution < 1.29 is 33.8 Å². The van der Waals surface area contributed by atoms with Gasteiger partial charge in [-0.2, -0.15) is 0 Å². The molecule has 12 nitrogen and oxygen atoms in total. The standard InChI is InChI=1S/C34H44Cl3N5O7/c1-20(2)28(29(44)38-21(3)30(45)42-15-5-6-26(41-42)31(46)49-19-34(35,36)37)40-32(47)33(13-16-48-17-14-33)12-11-23-7-8-24-9-10-25(22(4)43)39-27(24)18-23/h7-12,18,20-22,26,28,41,43H,5-6,13-17,19H2,1-4H3,(H,38,44)(H,40,47)/t21-,22+,26-,28-/m0/s1. The number of alkyl halides is 3. The smallest absolute Gasteiger partial charge is 0.325 e. The first-order chi connectivity index (χ1) is 23.1. The topological polar surface area (TPSA) is 159 Å². The summed E-state index contributed by atoms with van der Waals surface area (Å²) < 4.78 is 8.88. The average Bonchev–Trinajstić information content (AvgIpc) is 3.07. The molecule has 2 aliphatic heterocycles. The number of carbonyl (C=O) groups excluding carboxylic acids is 4. The van der Waals surface area contributed by atoms with Crippen molar-refractivity contribution >= 4 is 75.5 Å². The van der Waals surface area contributed by atoms with Crippen molar-refractivity contribution in [1.29, 1.82) is 0 Å². The van der Waals surface area contributed by atoms with Crippen LogP contribution in [-0.4, -0.2) is 87.1 Å². The maximum Gasteiger partial charge on any atom is 0.325 e. The van der Waals surface area contributed by atoms with Crippen LogP contribution in [0.2, 0.25) is 0 Å². The predicted octanol–water partition coefficient (Wildman–Crippen LogP) is 4.15. The van der Waals surface area contributed by atoms with Crippen molar-refractivity contribution in [3.05, 3.63) is 47.7 Å². The predicted molar refractivity (Wildman–Crippen MR) is 187 cm³/mol. The molecule has 3 amide bonds. The van der Waals surface area contributed by atoms with E-state index in [9.17, 15) is 24.3 Å². The molecular formula is C34H44Cl3N5O7. The molecule has 3 heterocycles. The van der Waals surface area contributed by atoms with Gasteiger partial charge in [-0.1, -0.05) is 79.0 Å². The second-order valence-electron chi connectivity index (χ2n) is 12.9. The first-order valence-electron chi connectivity index (χ1n) is 16.4. The van der Waals surface area contributed by atoms with Gasteiger partial charge in [-0.3, -0.25) is 29.2 Å². The van der Waals surface area contributed by atoms with Crippen molar-refractivity contribution in [2.45, 2.75) is 81.4 Å². The number of pyridine rings is 1.